The van der Waals surface area contributed by atoms with Gasteiger partial charge in [0.2, 0.25) is 5.91 Å². The van der Waals surface area contributed by atoms with Crippen molar-refractivity contribution in [2.75, 3.05) is 5.32 Å². The second-order valence-corrected chi connectivity index (χ2v) is 4.30. The highest BCUT2D eigenvalue weighted by atomic mass is 35.5. The van der Waals surface area contributed by atoms with E-state index in [9.17, 15) is 14.0 Å². The molecule has 6 nitrogen and oxygen atoms in total. The lowest BCUT2D eigenvalue weighted by atomic mass is 10.1. The Bertz CT molecular complexity index is 651. The number of benzene rings is 1. The summed E-state index contributed by atoms with van der Waals surface area (Å²) < 4.78 is 13.5. The van der Waals surface area contributed by atoms with Crippen molar-refractivity contribution in [1.29, 1.82) is 0 Å². The zero-order valence-corrected chi connectivity index (χ0v) is 10.7. The molecule has 0 aliphatic heterocycles. The van der Waals surface area contributed by atoms with E-state index < -0.39 is 17.7 Å². The number of carbonyl (C=O) groups excluding carboxylic acids is 1. The molecule has 3 N–H and O–H groups in total. The number of rotatable bonds is 4. The van der Waals surface area contributed by atoms with Gasteiger partial charge in [0.1, 0.15) is 11.5 Å². The smallest absolute Gasteiger partial charge is 0.353 e. The van der Waals surface area contributed by atoms with E-state index >= 15 is 0 Å². The van der Waals surface area contributed by atoms with Gasteiger partial charge in [-0.25, -0.2) is 9.18 Å². The van der Waals surface area contributed by atoms with E-state index in [1.165, 1.54) is 18.2 Å². The van der Waals surface area contributed by atoms with Crippen molar-refractivity contribution in [3.05, 3.63) is 46.4 Å². The summed E-state index contributed by atoms with van der Waals surface area (Å²) in [4.78, 5) is 22.4. The predicted octanol–water partition coefficient (Wildman–Crippen LogP) is 2.08. The summed E-state index contributed by atoms with van der Waals surface area (Å²) >= 11 is 5.80. The quantitative estimate of drug-likeness (QED) is 0.805. The van der Waals surface area contributed by atoms with Crippen molar-refractivity contribution >= 4 is 29.3 Å². The molecular formula is C12H9ClFN3O3. The van der Waals surface area contributed by atoms with Crippen LogP contribution in [0.5, 0.6) is 0 Å². The van der Waals surface area contributed by atoms with Crippen molar-refractivity contribution in [2.24, 2.45) is 0 Å². The molecule has 0 atom stereocenters. The Morgan fingerprint density at radius 2 is 2.20 bits per heavy atom. The van der Waals surface area contributed by atoms with Crippen LogP contribution in [0.3, 0.4) is 0 Å². The number of aromatic nitrogens is 2. The van der Waals surface area contributed by atoms with E-state index in [4.69, 9.17) is 16.7 Å². The molecule has 1 aromatic carbocycles. The largest absolute Gasteiger partial charge is 0.477 e. The minimum atomic E-state index is -1.20. The molecule has 0 saturated heterocycles. The summed E-state index contributed by atoms with van der Waals surface area (Å²) in [6.07, 6.45) is -0.277. The molecule has 1 aromatic heterocycles. The average Bonchev–Trinajstić information content (AvgIpc) is 2.82. The van der Waals surface area contributed by atoms with E-state index in [1.54, 1.807) is 0 Å². The fraction of sp³-hybridized carbons (Fsp3) is 0.0833. The van der Waals surface area contributed by atoms with E-state index in [0.717, 1.165) is 6.07 Å². The molecule has 2 aromatic rings. The Morgan fingerprint density at radius 3 is 2.80 bits per heavy atom. The van der Waals surface area contributed by atoms with Gasteiger partial charge in [0.25, 0.3) is 0 Å². The molecule has 2 rings (SSSR count). The molecule has 0 radical (unpaired) electrons. The van der Waals surface area contributed by atoms with Crippen LogP contribution in [0, 0.1) is 5.82 Å². The first-order valence-electron chi connectivity index (χ1n) is 5.49. The Morgan fingerprint density at radius 1 is 1.45 bits per heavy atom. The molecule has 0 spiro atoms. The molecule has 1 heterocycles. The van der Waals surface area contributed by atoms with Gasteiger partial charge in [0, 0.05) is 16.7 Å². The zero-order chi connectivity index (χ0) is 14.7. The van der Waals surface area contributed by atoms with Gasteiger partial charge in [-0.2, -0.15) is 5.10 Å². The van der Waals surface area contributed by atoms with Crippen LogP contribution in [-0.4, -0.2) is 27.2 Å². The molecule has 104 valence electrons. The fourth-order valence-electron chi connectivity index (χ4n) is 1.54. The molecule has 0 bridgehead atoms. The van der Waals surface area contributed by atoms with Gasteiger partial charge in [0.05, 0.1) is 6.42 Å². The molecule has 0 saturated carbocycles. The summed E-state index contributed by atoms with van der Waals surface area (Å²) in [5, 5.41) is 17.0. The fourth-order valence-corrected chi connectivity index (χ4v) is 1.77. The SMILES string of the molecule is O=C(Cc1c(F)cccc1Cl)Nc1cc(C(=O)O)[nH]n1. The van der Waals surface area contributed by atoms with Crippen molar-refractivity contribution in [3.8, 4) is 0 Å². The number of H-pyrrole nitrogens is 1. The molecule has 0 aliphatic carbocycles. The number of halogens is 2. The zero-order valence-electron chi connectivity index (χ0n) is 9.98. The van der Waals surface area contributed by atoms with Gasteiger partial charge in [-0.05, 0) is 12.1 Å². The third-order valence-corrected chi connectivity index (χ3v) is 2.83. The van der Waals surface area contributed by atoms with Crippen LogP contribution in [-0.2, 0) is 11.2 Å². The van der Waals surface area contributed by atoms with Crippen LogP contribution in [0.25, 0.3) is 0 Å². The number of anilines is 1. The number of aromatic amines is 1. The highest BCUT2D eigenvalue weighted by Crippen LogP contribution is 2.19. The number of nitrogens with zero attached hydrogens (tertiary/aromatic N) is 1. The Kier molecular flexibility index (Phi) is 3.99. The van der Waals surface area contributed by atoms with Gasteiger partial charge in [-0.15, -0.1) is 0 Å². The van der Waals surface area contributed by atoms with E-state index in [1.807, 2.05) is 0 Å². The maximum Gasteiger partial charge on any atom is 0.353 e. The van der Waals surface area contributed by atoms with E-state index in [2.05, 4.69) is 15.5 Å². The lowest BCUT2D eigenvalue weighted by Crippen LogP contribution is -2.15. The Hall–Kier alpha value is -2.41. The molecule has 1 amide bonds. The van der Waals surface area contributed by atoms with Gasteiger partial charge in [-0.1, -0.05) is 17.7 Å². The predicted molar refractivity (Wildman–Crippen MR) is 69.3 cm³/mol. The minimum Gasteiger partial charge on any atom is -0.477 e. The average molecular weight is 298 g/mol. The number of aromatic carboxylic acids is 1. The first kappa shape index (κ1) is 14.0. The number of carboxylic acid groups (broad SMARTS) is 1. The molecule has 0 aliphatic rings. The van der Waals surface area contributed by atoms with Crippen LogP contribution >= 0.6 is 11.6 Å². The maximum atomic E-state index is 13.5. The standard InChI is InChI=1S/C12H9ClFN3O3/c13-7-2-1-3-8(14)6(7)4-11(18)15-10-5-9(12(19)20)16-17-10/h1-3,5H,4H2,(H,19,20)(H2,15,16,17,18). The first-order valence-corrected chi connectivity index (χ1v) is 5.86. The lowest BCUT2D eigenvalue weighted by Gasteiger charge is -2.05. The number of amides is 1. The van der Waals surface area contributed by atoms with Crippen molar-refractivity contribution < 1.29 is 19.1 Å². The monoisotopic (exact) mass is 297 g/mol. The van der Waals surface area contributed by atoms with Crippen LogP contribution < -0.4 is 5.32 Å². The van der Waals surface area contributed by atoms with Crippen molar-refractivity contribution in [1.82, 2.24) is 10.2 Å². The van der Waals surface area contributed by atoms with Gasteiger partial charge < -0.3 is 10.4 Å². The summed E-state index contributed by atoms with van der Waals surface area (Å²) in [7, 11) is 0. The number of hydrogen-bond acceptors (Lipinski definition) is 3. The number of hydrogen-bond donors (Lipinski definition) is 3. The lowest BCUT2D eigenvalue weighted by molar-refractivity contribution is -0.115. The van der Waals surface area contributed by atoms with Crippen LogP contribution in [0.2, 0.25) is 5.02 Å². The normalized spacial score (nSPS) is 10.3. The number of carbonyl (C=O) groups is 2. The van der Waals surface area contributed by atoms with Gasteiger partial charge in [-0.3, -0.25) is 9.89 Å². The molecule has 8 heteroatoms. The molecular weight excluding hydrogens is 289 g/mol. The van der Waals surface area contributed by atoms with E-state index in [0.29, 0.717) is 0 Å². The highest BCUT2D eigenvalue weighted by Gasteiger charge is 2.14. The van der Waals surface area contributed by atoms with Crippen LogP contribution in [0.1, 0.15) is 16.1 Å². The van der Waals surface area contributed by atoms with Gasteiger partial charge in [0.15, 0.2) is 5.82 Å². The maximum absolute atomic E-state index is 13.5. The van der Waals surface area contributed by atoms with Crippen molar-refractivity contribution in [3.63, 3.8) is 0 Å². The number of carboxylic acids is 1. The van der Waals surface area contributed by atoms with Gasteiger partial charge >= 0.3 is 5.97 Å². The summed E-state index contributed by atoms with van der Waals surface area (Å²) in [6, 6.07) is 5.27. The minimum absolute atomic E-state index is 0.0415. The number of nitrogens with one attached hydrogen (secondary N) is 2. The molecule has 0 unspecified atom stereocenters. The van der Waals surface area contributed by atoms with Crippen LogP contribution in [0.4, 0.5) is 10.2 Å². The van der Waals surface area contributed by atoms with E-state index in [-0.39, 0.29) is 28.5 Å². The second kappa shape index (κ2) is 5.70. The van der Waals surface area contributed by atoms with Crippen molar-refractivity contribution in [2.45, 2.75) is 6.42 Å². The third-order valence-electron chi connectivity index (χ3n) is 2.47. The van der Waals surface area contributed by atoms with Crippen LogP contribution in [0.15, 0.2) is 24.3 Å². The topological polar surface area (TPSA) is 95.1 Å². The summed E-state index contributed by atoms with van der Waals surface area (Å²) in [5.41, 5.74) is -0.0927. The summed E-state index contributed by atoms with van der Waals surface area (Å²) in [5.74, 6) is -2.30. The highest BCUT2D eigenvalue weighted by molar-refractivity contribution is 6.31. The molecule has 20 heavy (non-hydrogen) atoms. The summed E-state index contributed by atoms with van der Waals surface area (Å²) in [6.45, 7) is 0. The Balaban J connectivity index is 2.07. The second-order valence-electron chi connectivity index (χ2n) is 3.90. The third kappa shape index (κ3) is 3.12. The first-order chi connectivity index (χ1) is 9.47. The Labute approximate surface area is 117 Å². The molecule has 0 fully saturated rings.